The van der Waals surface area contributed by atoms with Gasteiger partial charge in [0.25, 0.3) is 0 Å². The third-order valence-corrected chi connectivity index (χ3v) is 4.08. The summed E-state index contributed by atoms with van der Waals surface area (Å²) in [6, 6.07) is 16.4. The largest absolute Gasteiger partial charge is 0.350 e. The molecule has 24 heavy (non-hydrogen) atoms. The maximum absolute atomic E-state index is 12.4. The SMILES string of the molecule is CC(=O)N(Cc1ccc(Cl)cc1)C(C)C(=O)NCc1ccccc1. The number of amides is 2. The van der Waals surface area contributed by atoms with Crippen molar-refractivity contribution in [3.63, 3.8) is 0 Å². The van der Waals surface area contributed by atoms with Gasteiger partial charge in [-0.25, -0.2) is 0 Å². The number of nitrogens with one attached hydrogen (secondary N) is 1. The van der Waals surface area contributed by atoms with Gasteiger partial charge < -0.3 is 10.2 Å². The molecule has 0 fully saturated rings. The predicted octanol–water partition coefficient (Wildman–Crippen LogP) is 3.39. The van der Waals surface area contributed by atoms with Crippen LogP contribution in [0.2, 0.25) is 5.02 Å². The fraction of sp³-hybridized carbons (Fsp3) is 0.263. The van der Waals surface area contributed by atoms with Crippen LogP contribution in [0.15, 0.2) is 54.6 Å². The minimum absolute atomic E-state index is 0.146. The van der Waals surface area contributed by atoms with Gasteiger partial charge in [0.15, 0.2) is 0 Å². The van der Waals surface area contributed by atoms with Crippen LogP contribution >= 0.6 is 11.6 Å². The molecule has 4 nitrogen and oxygen atoms in total. The summed E-state index contributed by atoms with van der Waals surface area (Å²) < 4.78 is 0. The van der Waals surface area contributed by atoms with Crippen molar-refractivity contribution in [1.82, 2.24) is 10.2 Å². The molecule has 0 aromatic heterocycles. The molecule has 2 aromatic rings. The van der Waals surface area contributed by atoms with E-state index in [0.29, 0.717) is 18.1 Å². The Balaban J connectivity index is 1.99. The average Bonchev–Trinajstić information content (AvgIpc) is 2.59. The molecular weight excluding hydrogens is 324 g/mol. The van der Waals surface area contributed by atoms with E-state index in [-0.39, 0.29) is 11.8 Å². The van der Waals surface area contributed by atoms with Crippen LogP contribution < -0.4 is 5.32 Å². The van der Waals surface area contributed by atoms with Crippen molar-refractivity contribution in [2.24, 2.45) is 0 Å². The Kier molecular flexibility index (Phi) is 6.38. The van der Waals surface area contributed by atoms with Crippen LogP contribution in [0.25, 0.3) is 0 Å². The summed E-state index contributed by atoms with van der Waals surface area (Å²) in [5.41, 5.74) is 1.95. The van der Waals surface area contributed by atoms with Crippen LogP contribution in [0, 0.1) is 0 Å². The first-order valence-electron chi connectivity index (χ1n) is 7.80. The van der Waals surface area contributed by atoms with Crippen LogP contribution in [0.1, 0.15) is 25.0 Å². The molecule has 1 N–H and O–H groups in total. The lowest BCUT2D eigenvalue weighted by molar-refractivity contribution is -0.139. The zero-order valence-electron chi connectivity index (χ0n) is 13.8. The first-order valence-corrected chi connectivity index (χ1v) is 8.18. The Morgan fingerprint density at radius 2 is 1.67 bits per heavy atom. The van der Waals surface area contributed by atoms with Crippen molar-refractivity contribution in [1.29, 1.82) is 0 Å². The minimum atomic E-state index is -0.554. The smallest absolute Gasteiger partial charge is 0.242 e. The van der Waals surface area contributed by atoms with Gasteiger partial charge in [-0.3, -0.25) is 9.59 Å². The number of carbonyl (C=O) groups excluding carboxylic acids is 2. The molecule has 1 atom stereocenters. The lowest BCUT2D eigenvalue weighted by Gasteiger charge is -2.27. The van der Waals surface area contributed by atoms with Gasteiger partial charge in [-0.15, -0.1) is 0 Å². The van der Waals surface area contributed by atoms with Crippen molar-refractivity contribution < 1.29 is 9.59 Å². The number of nitrogens with zero attached hydrogens (tertiary/aromatic N) is 1. The van der Waals surface area contributed by atoms with Crippen LogP contribution in [-0.4, -0.2) is 22.8 Å². The Morgan fingerprint density at radius 1 is 1.04 bits per heavy atom. The lowest BCUT2D eigenvalue weighted by atomic mass is 10.1. The zero-order valence-corrected chi connectivity index (χ0v) is 14.6. The quantitative estimate of drug-likeness (QED) is 0.873. The molecule has 2 aromatic carbocycles. The molecule has 126 valence electrons. The van der Waals surface area contributed by atoms with E-state index >= 15 is 0 Å². The van der Waals surface area contributed by atoms with E-state index in [1.165, 1.54) is 6.92 Å². The van der Waals surface area contributed by atoms with Crippen molar-refractivity contribution in [3.05, 3.63) is 70.7 Å². The van der Waals surface area contributed by atoms with E-state index < -0.39 is 6.04 Å². The van der Waals surface area contributed by atoms with E-state index in [1.54, 1.807) is 24.0 Å². The minimum Gasteiger partial charge on any atom is -0.350 e. The lowest BCUT2D eigenvalue weighted by Crippen LogP contribution is -2.46. The summed E-state index contributed by atoms with van der Waals surface area (Å²) in [6.45, 7) is 4.01. The molecule has 1 unspecified atom stereocenters. The summed E-state index contributed by atoms with van der Waals surface area (Å²) in [7, 11) is 0. The number of hydrogen-bond acceptors (Lipinski definition) is 2. The molecule has 0 aliphatic rings. The molecule has 2 amide bonds. The molecule has 0 aliphatic heterocycles. The van der Waals surface area contributed by atoms with Gasteiger partial charge >= 0.3 is 0 Å². The van der Waals surface area contributed by atoms with Crippen LogP contribution in [0.4, 0.5) is 0 Å². The number of rotatable bonds is 6. The molecule has 0 radical (unpaired) electrons. The van der Waals surface area contributed by atoms with E-state index in [1.807, 2.05) is 42.5 Å². The topological polar surface area (TPSA) is 49.4 Å². The van der Waals surface area contributed by atoms with Crippen molar-refractivity contribution >= 4 is 23.4 Å². The monoisotopic (exact) mass is 344 g/mol. The third-order valence-electron chi connectivity index (χ3n) is 3.83. The second kappa shape index (κ2) is 8.50. The van der Waals surface area contributed by atoms with Gasteiger partial charge in [-0.05, 0) is 30.2 Å². The molecule has 5 heteroatoms. The van der Waals surface area contributed by atoms with Crippen molar-refractivity contribution in [2.75, 3.05) is 0 Å². The Labute approximate surface area is 147 Å². The van der Waals surface area contributed by atoms with Crippen molar-refractivity contribution in [2.45, 2.75) is 33.0 Å². The van der Waals surface area contributed by atoms with Gasteiger partial charge in [-0.1, -0.05) is 54.1 Å². The standard InChI is InChI=1S/C19H21ClN2O2/c1-14(19(24)21-12-16-6-4-3-5-7-16)22(15(2)23)13-17-8-10-18(20)11-9-17/h3-11,14H,12-13H2,1-2H3,(H,21,24). The van der Waals surface area contributed by atoms with Crippen LogP contribution in [0.5, 0.6) is 0 Å². The fourth-order valence-electron chi connectivity index (χ4n) is 2.38. The molecular formula is C19H21ClN2O2. The predicted molar refractivity (Wildman–Crippen MR) is 95.4 cm³/mol. The first kappa shape index (κ1) is 18.0. The molecule has 0 spiro atoms. The zero-order chi connectivity index (χ0) is 17.5. The Morgan fingerprint density at radius 3 is 2.25 bits per heavy atom. The summed E-state index contributed by atoms with van der Waals surface area (Å²) in [5.74, 6) is -0.324. The average molecular weight is 345 g/mol. The van der Waals surface area contributed by atoms with Crippen molar-refractivity contribution in [3.8, 4) is 0 Å². The van der Waals surface area contributed by atoms with E-state index in [2.05, 4.69) is 5.32 Å². The normalized spacial score (nSPS) is 11.6. The van der Waals surface area contributed by atoms with Gasteiger partial charge in [0.1, 0.15) is 6.04 Å². The molecule has 0 bridgehead atoms. The summed E-state index contributed by atoms with van der Waals surface area (Å²) in [4.78, 5) is 25.9. The van der Waals surface area contributed by atoms with Gasteiger partial charge in [0.2, 0.25) is 11.8 Å². The van der Waals surface area contributed by atoms with Gasteiger partial charge in [0, 0.05) is 25.0 Å². The highest BCUT2D eigenvalue weighted by Gasteiger charge is 2.23. The van der Waals surface area contributed by atoms with E-state index in [4.69, 9.17) is 11.6 Å². The highest BCUT2D eigenvalue weighted by Crippen LogP contribution is 2.13. The maximum Gasteiger partial charge on any atom is 0.242 e. The fourth-order valence-corrected chi connectivity index (χ4v) is 2.51. The third kappa shape index (κ3) is 5.10. The molecule has 0 aliphatic carbocycles. The molecule has 2 rings (SSSR count). The highest BCUT2D eigenvalue weighted by atomic mass is 35.5. The summed E-state index contributed by atoms with van der Waals surface area (Å²) in [6.07, 6.45) is 0. The number of carbonyl (C=O) groups is 2. The summed E-state index contributed by atoms with van der Waals surface area (Å²) >= 11 is 5.88. The second-order valence-corrected chi connectivity index (χ2v) is 6.09. The number of benzene rings is 2. The van der Waals surface area contributed by atoms with Gasteiger partial charge in [0.05, 0.1) is 0 Å². The van der Waals surface area contributed by atoms with Crippen LogP contribution in [0.3, 0.4) is 0 Å². The first-order chi connectivity index (χ1) is 11.5. The molecule has 0 saturated carbocycles. The number of hydrogen-bond donors (Lipinski definition) is 1. The van der Waals surface area contributed by atoms with E-state index in [9.17, 15) is 9.59 Å². The Bertz CT molecular complexity index is 686. The highest BCUT2D eigenvalue weighted by molar-refractivity contribution is 6.30. The number of halogens is 1. The van der Waals surface area contributed by atoms with E-state index in [0.717, 1.165) is 11.1 Å². The molecule has 0 saturated heterocycles. The van der Waals surface area contributed by atoms with Gasteiger partial charge in [-0.2, -0.15) is 0 Å². The molecule has 0 heterocycles. The maximum atomic E-state index is 12.4. The Hall–Kier alpha value is -2.33. The second-order valence-electron chi connectivity index (χ2n) is 5.65. The van der Waals surface area contributed by atoms with Crippen LogP contribution in [-0.2, 0) is 22.7 Å². The summed E-state index contributed by atoms with van der Waals surface area (Å²) in [5, 5.41) is 3.52.